The van der Waals surface area contributed by atoms with Crippen LogP contribution in [0.3, 0.4) is 0 Å². The molecule has 250 valence electrons. The van der Waals surface area contributed by atoms with Crippen molar-refractivity contribution in [1.82, 2.24) is 15.2 Å². The molecule has 2 unspecified atom stereocenters. The van der Waals surface area contributed by atoms with Crippen LogP contribution in [0.2, 0.25) is 0 Å². The number of pyridine rings is 1. The van der Waals surface area contributed by atoms with Crippen LogP contribution in [0.5, 0.6) is 11.6 Å². The van der Waals surface area contributed by atoms with Crippen molar-refractivity contribution in [2.45, 2.75) is 57.2 Å². The standard InChI is InChI=1S/C28H26F3N3O2.C9H15NO.H2/c29-28(30,31)22-9-10-26(32-18-22)36-23-8-4-5-20(16-23)15-19-11-13-34(14-12-19)27(35)33-25-17-24(25)21-6-2-1-3-7-21;1-3-4-5-6-7-8-11-9-10-2;/h1-10,15-16,18,24-25H,11-14,17H2,(H,33,35);4-5,7-9H,3,6H2,1-2H3;1H/b;5-4+,8-7+,10-9?;. The summed E-state index contributed by atoms with van der Waals surface area (Å²) in [6.45, 7) is 3.43. The van der Waals surface area contributed by atoms with E-state index in [1.807, 2.05) is 47.4 Å². The highest BCUT2D eigenvalue weighted by Gasteiger charge is 2.40. The Kier molecular flexibility index (Phi) is 13.2. The second-order valence-electron chi connectivity index (χ2n) is 11.1. The Morgan fingerprint density at radius 2 is 1.85 bits per heavy atom. The number of amides is 2. The van der Waals surface area contributed by atoms with E-state index in [2.05, 4.69) is 52.6 Å². The van der Waals surface area contributed by atoms with Gasteiger partial charge in [0.15, 0.2) is 6.40 Å². The zero-order valence-corrected chi connectivity index (χ0v) is 26.7. The number of nitrogens with one attached hydrogen (secondary N) is 1. The van der Waals surface area contributed by atoms with Crippen LogP contribution >= 0.6 is 0 Å². The van der Waals surface area contributed by atoms with Gasteiger partial charge in [0, 0.05) is 45.8 Å². The van der Waals surface area contributed by atoms with Gasteiger partial charge in [0.25, 0.3) is 0 Å². The number of likely N-dealkylation sites (tertiary alicyclic amines) is 1. The first-order valence-electron chi connectivity index (χ1n) is 15.7. The zero-order valence-electron chi connectivity index (χ0n) is 26.7. The van der Waals surface area contributed by atoms with Crippen LogP contribution in [0, 0.1) is 0 Å². The molecule has 2 heterocycles. The fourth-order valence-corrected chi connectivity index (χ4v) is 5.00. The number of carbonyl (C=O) groups excluding carboxylic acids is 1. The second-order valence-corrected chi connectivity index (χ2v) is 11.1. The molecule has 3 aromatic rings. The van der Waals surface area contributed by atoms with Crippen molar-refractivity contribution in [3.05, 3.63) is 120 Å². The van der Waals surface area contributed by atoms with E-state index in [9.17, 15) is 18.0 Å². The molecule has 1 aromatic heterocycles. The first kappa shape index (κ1) is 35.0. The summed E-state index contributed by atoms with van der Waals surface area (Å²) in [4.78, 5) is 22.0. The summed E-state index contributed by atoms with van der Waals surface area (Å²) < 4.78 is 48.6. The predicted octanol–water partition coefficient (Wildman–Crippen LogP) is 9.41. The summed E-state index contributed by atoms with van der Waals surface area (Å²) in [5.41, 5.74) is 2.61. The minimum absolute atomic E-state index is 0. The number of allylic oxidation sites excluding steroid dienone is 3. The summed E-state index contributed by atoms with van der Waals surface area (Å²) >= 11 is 0. The highest BCUT2D eigenvalue weighted by atomic mass is 19.4. The monoisotopic (exact) mass is 648 g/mol. The van der Waals surface area contributed by atoms with Gasteiger partial charge in [0.05, 0.1) is 11.8 Å². The molecule has 2 atom stereocenters. The van der Waals surface area contributed by atoms with Gasteiger partial charge in [-0.05, 0) is 67.5 Å². The smallest absolute Gasteiger partial charge is 0.417 e. The molecule has 1 N–H and O–H groups in total. The molecule has 1 aliphatic carbocycles. The molecule has 2 aliphatic rings. The Labute approximate surface area is 276 Å². The predicted molar refractivity (Wildman–Crippen MR) is 181 cm³/mol. The van der Waals surface area contributed by atoms with Gasteiger partial charge >= 0.3 is 12.2 Å². The van der Waals surface area contributed by atoms with Crippen LogP contribution in [0.1, 0.15) is 63.1 Å². The lowest BCUT2D eigenvalue weighted by Gasteiger charge is -2.28. The Morgan fingerprint density at radius 3 is 2.53 bits per heavy atom. The third-order valence-electron chi connectivity index (χ3n) is 7.55. The van der Waals surface area contributed by atoms with E-state index in [1.165, 1.54) is 23.6 Å². The molecule has 1 saturated carbocycles. The maximum Gasteiger partial charge on any atom is 0.417 e. The molecule has 7 nitrogen and oxygen atoms in total. The van der Waals surface area contributed by atoms with E-state index in [1.54, 1.807) is 19.4 Å². The number of halogens is 3. The van der Waals surface area contributed by atoms with Gasteiger partial charge in [-0.1, -0.05) is 73.2 Å². The minimum atomic E-state index is -4.43. The average Bonchev–Trinajstić information content (AvgIpc) is 3.84. The van der Waals surface area contributed by atoms with Gasteiger partial charge in [0.2, 0.25) is 5.88 Å². The number of piperidine rings is 1. The lowest BCUT2D eigenvalue weighted by atomic mass is 10.0. The third-order valence-corrected chi connectivity index (χ3v) is 7.55. The van der Waals surface area contributed by atoms with Gasteiger partial charge in [0.1, 0.15) is 5.75 Å². The molecule has 0 spiro atoms. The van der Waals surface area contributed by atoms with Crippen LogP contribution in [0.15, 0.2) is 108 Å². The average molecular weight is 649 g/mol. The fraction of sp³-hybridized carbons (Fsp3) is 0.324. The molecule has 5 rings (SSSR count). The molecular weight excluding hydrogens is 605 g/mol. The third kappa shape index (κ3) is 11.8. The Bertz CT molecular complexity index is 1530. The Morgan fingerprint density at radius 1 is 1.06 bits per heavy atom. The van der Waals surface area contributed by atoms with E-state index in [4.69, 9.17) is 9.47 Å². The minimum Gasteiger partial charge on any atom is -0.454 e. The molecule has 10 heteroatoms. The number of carbonyl (C=O) groups is 1. The number of aromatic nitrogens is 1. The second kappa shape index (κ2) is 17.7. The topological polar surface area (TPSA) is 76.0 Å². The quantitative estimate of drug-likeness (QED) is 0.103. The van der Waals surface area contributed by atoms with E-state index >= 15 is 0 Å². The number of hydrogen-bond donors (Lipinski definition) is 1. The van der Waals surface area contributed by atoms with Gasteiger partial charge in [-0.3, -0.25) is 4.99 Å². The normalized spacial score (nSPS) is 17.8. The molecule has 2 fully saturated rings. The number of nitrogens with zero attached hydrogens (tertiary/aromatic N) is 3. The largest absolute Gasteiger partial charge is 0.454 e. The summed E-state index contributed by atoms with van der Waals surface area (Å²) in [6, 6.07) is 19.9. The van der Waals surface area contributed by atoms with Crippen molar-refractivity contribution in [3.63, 3.8) is 0 Å². The number of alkyl halides is 3. The zero-order chi connectivity index (χ0) is 33.5. The maximum absolute atomic E-state index is 12.7. The molecule has 2 amide bonds. The Hall–Kier alpha value is -4.86. The summed E-state index contributed by atoms with van der Waals surface area (Å²) in [7, 11) is 1.67. The van der Waals surface area contributed by atoms with Crippen LogP contribution in [0.4, 0.5) is 18.0 Å². The van der Waals surface area contributed by atoms with Crippen LogP contribution in [-0.4, -0.2) is 48.5 Å². The van der Waals surface area contributed by atoms with Crippen LogP contribution in [0.25, 0.3) is 6.08 Å². The van der Waals surface area contributed by atoms with Gasteiger partial charge in [-0.25, -0.2) is 9.78 Å². The highest BCUT2D eigenvalue weighted by Crippen LogP contribution is 2.40. The van der Waals surface area contributed by atoms with E-state index < -0.39 is 11.7 Å². The molecule has 0 radical (unpaired) electrons. The molecule has 1 aliphatic heterocycles. The Balaban J connectivity index is 0.000000450. The molecule has 2 aromatic carbocycles. The van der Waals surface area contributed by atoms with Crippen molar-refractivity contribution < 1.29 is 28.9 Å². The van der Waals surface area contributed by atoms with Gasteiger partial charge in [-0.15, -0.1) is 0 Å². The lowest BCUT2D eigenvalue weighted by molar-refractivity contribution is -0.137. The lowest BCUT2D eigenvalue weighted by Crippen LogP contribution is -2.44. The number of ether oxygens (including phenoxy) is 2. The van der Waals surface area contributed by atoms with Gasteiger partial charge < -0.3 is 19.7 Å². The molecule has 47 heavy (non-hydrogen) atoms. The van der Waals surface area contributed by atoms with Crippen molar-refractivity contribution in [2.75, 3.05) is 20.1 Å². The maximum atomic E-state index is 12.7. The molecule has 0 bridgehead atoms. The van der Waals surface area contributed by atoms with Crippen molar-refractivity contribution >= 4 is 18.5 Å². The highest BCUT2D eigenvalue weighted by molar-refractivity contribution is 5.75. The SMILES string of the molecule is CC/C=C/C/C=C/OC=NC.O=C(NC1CC1c1ccccc1)N1CCC(=Cc2cccc(Oc3ccc(C(F)(F)F)cn3)c2)CC1.[HH]. The summed E-state index contributed by atoms with van der Waals surface area (Å²) in [5, 5.41) is 3.16. The summed E-state index contributed by atoms with van der Waals surface area (Å²) in [6.07, 6.45) is 12.2. The first-order valence-corrected chi connectivity index (χ1v) is 15.7. The molecular formula is C37H43F3N4O3. The number of rotatable bonds is 10. The van der Waals surface area contributed by atoms with Gasteiger partial charge in [-0.2, -0.15) is 13.2 Å². The summed E-state index contributed by atoms with van der Waals surface area (Å²) in [5.74, 6) is 0.991. The fourth-order valence-electron chi connectivity index (χ4n) is 5.00. The number of benzene rings is 2. The number of aliphatic imine (C=N–C) groups is 1. The van der Waals surface area contributed by atoms with Crippen LogP contribution in [-0.2, 0) is 10.9 Å². The van der Waals surface area contributed by atoms with Crippen molar-refractivity contribution in [3.8, 4) is 11.6 Å². The number of hydrogen-bond acceptors (Lipinski definition) is 5. The van der Waals surface area contributed by atoms with E-state index in [-0.39, 0.29) is 19.4 Å². The molecule has 1 saturated heterocycles. The van der Waals surface area contributed by atoms with Crippen molar-refractivity contribution in [1.29, 1.82) is 0 Å². The van der Waals surface area contributed by atoms with E-state index in [0.717, 1.165) is 49.9 Å². The van der Waals surface area contributed by atoms with Crippen molar-refractivity contribution in [2.24, 2.45) is 4.99 Å². The van der Waals surface area contributed by atoms with Crippen LogP contribution < -0.4 is 10.1 Å². The first-order chi connectivity index (χ1) is 22.8. The van der Waals surface area contributed by atoms with E-state index in [0.29, 0.717) is 24.8 Å². The number of urea groups is 1.